The number of hydrogen-bond acceptors (Lipinski definition) is 3. The van der Waals surface area contributed by atoms with Crippen LogP contribution in [0.25, 0.3) is 0 Å². The first kappa shape index (κ1) is 15.7. The summed E-state index contributed by atoms with van der Waals surface area (Å²) in [6.45, 7) is 1.53. The summed E-state index contributed by atoms with van der Waals surface area (Å²) in [5.74, 6) is 0.219. The Balaban J connectivity index is 2.27. The van der Waals surface area contributed by atoms with E-state index in [1.165, 1.54) is 11.1 Å². The van der Waals surface area contributed by atoms with E-state index in [4.69, 9.17) is 10.8 Å². The third-order valence-corrected chi connectivity index (χ3v) is 3.72. The van der Waals surface area contributed by atoms with E-state index >= 15 is 0 Å². The van der Waals surface area contributed by atoms with Crippen LogP contribution < -0.4 is 11.1 Å². The zero-order valence-electron chi connectivity index (χ0n) is 12.3. The Bertz CT molecular complexity index is 462. The quantitative estimate of drug-likeness (QED) is 0.651. The smallest absolute Gasteiger partial charge is 0.0443 e. The van der Waals surface area contributed by atoms with Crippen LogP contribution >= 0.6 is 0 Å². The van der Waals surface area contributed by atoms with Gasteiger partial charge in [0.15, 0.2) is 0 Å². The maximum atomic E-state index is 8.95. The van der Waals surface area contributed by atoms with Crippen LogP contribution in [-0.2, 0) is 0 Å². The molecule has 0 heterocycles. The Labute approximate surface area is 126 Å². The van der Waals surface area contributed by atoms with E-state index in [2.05, 4.69) is 53.8 Å². The molecule has 112 valence electrons. The van der Waals surface area contributed by atoms with Gasteiger partial charge in [0.1, 0.15) is 0 Å². The Hall–Kier alpha value is -1.68. The van der Waals surface area contributed by atoms with Gasteiger partial charge in [0.2, 0.25) is 0 Å². The summed E-state index contributed by atoms with van der Waals surface area (Å²) in [7, 11) is 0. The molecule has 21 heavy (non-hydrogen) atoms. The second-order valence-corrected chi connectivity index (χ2v) is 5.17. The summed E-state index contributed by atoms with van der Waals surface area (Å²) in [6.07, 6.45) is 0.743. The molecule has 0 radical (unpaired) electrons. The fourth-order valence-corrected chi connectivity index (χ4v) is 2.68. The topological polar surface area (TPSA) is 58.3 Å². The van der Waals surface area contributed by atoms with E-state index < -0.39 is 0 Å². The van der Waals surface area contributed by atoms with E-state index in [-0.39, 0.29) is 18.6 Å². The molecule has 0 aliphatic rings. The highest BCUT2D eigenvalue weighted by molar-refractivity contribution is 5.34. The summed E-state index contributed by atoms with van der Waals surface area (Å²) in [5, 5.41) is 12.4. The minimum Gasteiger partial charge on any atom is -0.396 e. The Morgan fingerprint density at radius 3 is 1.86 bits per heavy atom. The lowest BCUT2D eigenvalue weighted by molar-refractivity contribution is 0.282. The molecule has 0 fully saturated rings. The first-order valence-corrected chi connectivity index (χ1v) is 7.51. The molecule has 0 aliphatic heterocycles. The molecular formula is C18H24N2O. The lowest BCUT2D eigenvalue weighted by Gasteiger charge is -2.28. The van der Waals surface area contributed by atoms with Gasteiger partial charge in [-0.05, 0) is 24.1 Å². The zero-order chi connectivity index (χ0) is 14.9. The van der Waals surface area contributed by atoms with Gasteiger partial charge in [0.25, 0.3) is 0 Å². The van der Waals surface area contributed by atoms with Crippen LogP contribution in [0.2, 0.25) is 0 Å². The standard InChI is InChI=1S/C18H24N2O/c19-14-17(20-12-7-13-21)18(15-8-3-1-4-9-15)16-10-5-2-6-11-16/h1-6,8-11,17-18,20-21H,7,12-14,19H2. The monoisotopic (exact) mass is 284 g/mol. The number of nitrogens with one attached hydrogen (secondary N) is 1. The van der Waals surface area contributed by atoms with Crippen molar-refractivity contribution in [3.63, 3.8) is 0 Å². The van der Waals surface area contributed by atoms with Crippen LogP contribution in [0.3, 0.4) is 0 Å². The van der Waals surface area contributed by atoms with Crippen molar-refractivity contribution in [3.05, 3.63) is 71.8 Å². The van der Waals surface area contributed by atoms with Gasteiger partial charge < -0.3 is 16.2 Å². The van der Waals surface area contributed by atoms with Crippen molar-refractivity contribution < 1.29 is 5.11 Å². The van der Waals surface area contributed by atoms with E-state index in [0.29, 0.717) is 6.54 Å². The van der Waals surface area contributed by atoms with Crippen molar-refractivity contribution in [2.75, 3.05) is 19.7 Å². The van der Waals surface area contributed by atoms with E-state index in [1.807, 2.05) is 12.1 Å². The van der Waals surface area contributed by atoms with Crippen molar-refractivity contribution in [2.24, 2.45) is 5.73 Å². The van der Waals surface area contributed by atoms with Gasteiger partial charge in [-0.25, -0.2) is 0 Å². The van der Waals surface area contributed by atoms with Crippen molar-refractivity contribution in [2.45, 2.75) is 18.4 Å². The fourth-order valence-electron chi connectivity index (χ4n) is 2.68. The van der Waals surface area contributed by atoms with Gasteiger partial charge in [-0.15, -0.1) is 0 Å². The zero-order valence-corrected chi connectivity index (χ0v) is 12.3. The minimum atomic E-state index is 0.154. The molecule has 3 nitrogen and oxygen atoms in total. The van der Waals surface area contributed by atoms with E-state index in [9.17, 15) is 0 Å². The SMILES string of the molecule is NCC(NCCCO)C(c1ccccc1)c1ccccc1. The summed E-state index contributed by atoms with van der Waals surface area (Å²) in [4.78, 5) is 0. The molecule has 0 saturated carbocycles. The van der Waals surface area contributed by atoms with Crippen molar-refractivity contribution >= 4 is 0 Å². The molecule has 0 spiro atoms. The van der Waals surface area contributed by atoms with E-state index in [1.54, 1.807) is 0 Å². The summed E-state index contributed by atoms with van der Waals surface area (Å²) in [6, 6.07) is 21.0. The average molecular weight is 284 g/mol. The molecular weight excluding hydrogens is 260 g/mol. The van der Waals surface area contributed by atoms with Gasteiger partial charge in [0, 0.05) is 25.1 Å². The second kappa shape index (κ2) is 8.57. The molecule has 0 saturated heterocycles. The maximum Gasteiger partial charge on any atom is 0.0443 e. The summed E-state index contributed by atoms with van der Waals surface area (Å²) >= 11 is 0. The molecule has 4 N–H and O–H groups in total. The van der Waals surface area contributed by atoms with Gasteiger partial charge in [-0.1, -0.05) is 60.7 Å². The van der Waals surface area contributed by atoms with Crippen LogP contribution in [0, 0.1) is 0 Å². The van der Waals surface area contributed by atoms with Crippen LogP contribution in [0.1, 0.15) is 23.5 Å². The predicted molar refractivity (Wildman–Crippen MR) is 87.3 cm³/mol. The predicted octanol–water partition coefficient (Wildman–Crippen LogP) is 2.12. The van der Waals surface area contributed by atoms with Crippen LogP contribution in [0.15, 0.2) is 60.7 Å². The van der Waals surface area contributed by atoms with Crippen molar-refractivity contribution in [1.82, 2.24) is 5.32 Å². The van der Waals surface area contributed by atoms with Gasteiger partial charge in [0.05, 0.1) is 0 Å². The fraction of sp³-hybridized carbons (Fsp3) is 0.333. The molecule has 3 heteroatoms. The third-order valence-electron chi connectivity index (χ3n) is 3.72. The van der Waals surface area contributed by atoms with Gasteiger partial charge in [-0.3, -0.25) is 0 Å². The minimum absolute atomic E-state index is 0.154. The number of rotatable bonds is 8. The second-order valence-electron chi connectivity index (χ2n) is 5.17. The maximum absolute atomic E-state index is 8.95. The summed E-state index contributed by atoms with van der Waals surface area (Å²) in [5.41, 5.74) is 8.53. The van der Waals surface area contributed by atoms with Crippen molar-refractivity contribution in [1.29, 1.82) is 0 Å². The number of aliphatic hydroxyl groups is 1. The van der Waals surface area contributed by atoms with Crippen LogP contribution in [0.4, 0.5) is 0 Å². The number of hydrogen-bond donors (Lipinski definition) is 3. The molecule has 0 amide bonds. The van der Waals surface area contributed by atoms with Gasteiger partial charge >= 0.3 is 0 Å². The first-order valence-electron chi connectivity index (χ1n) is 7.51. The molecule has 2 aromatic carbocycles. The highest BCUT2D eigenvalue weighted by Gasteiger charge is 2.23. The Morgan fingerprint density at radius 2 is 1.43 bits per heavy atom. The molecule has 2 aromatic rings. The Kier molecular flexibility index (Phi) is 6.41. The molecule has 2 rings (SSSR count). The molecule has 0 bridgehead atoms. The Morgan fingerprint density at radius 1 is 0.905 bits per heavy atom. The van der Waals surface area contributed by atoms with Crippen molar-refractivity contribution in [3.8, 4) is 0 Å². The largest absolute Gasteiger partial charge is 0.396 e. The molecule has 1 atom stereocenters. The third kappa shape index (κ3) is 4.39. The molecule has 1 unspecified atom stereocenters. The lowest BCUT2D eigenvalue weighted by Crippen LogP contribution is -2.42. The molecule has 0 aliphatic carbocycles. The van der Waals surface area contributed by atoms with Crippen LogP contribution in [0.5, 0.6) is 0 Å². The van der Waals surface area contributed by atoms with Gasteiger partial charge in [-0.2, -0.15) is 0 Å². The lowest BCUT2D eigenvalue weighted by atomic mass is 9.85. The van der Waals surface area contributed by atoms with E-state index in [0.717, 1.165) is 13.0 Å². The first-order chi connectivity index (χ1) is 10.4. The number of aliphatic hydroxyl groups excluding tert-OH is 1. The normalized spacial score (nSPS) is 12.5. The number of nitrogens with two attached hydrogens (primary N) is 1. The van der Waals surface area contributed by atoms with Crippen LogP contribution in [-0.4, -0.2) is 30.8 Å². The highest BCUT2D eigenvalue weighted by Crippen LogP contribution is 2.27. The highest BCUT2D eigenvalue weighted by atomic mass is 16.3. The average Bonchev–Trinajstić information content (AvgIpc) is 2.56. The molecule has 0 aromatic heterocycles. The number of benzene rings is 2. The summed E-state index contributed by atoms with van der Waals surface area (Å²) < 4.78 is 0.